The van der Waals surface area contributed by atoms with Crippen LogP contribution < -0.4 is 15.5 Å². The topological polar surface area (TPSA) is 71.8 Å². The average Bonchev–Trinajstić information content (AvgIpc) is 3.30. The van der Waals surface area contributed by atoms with Gasteiger partial charge in [-0.2, -0.15) is 0 Å². The number of hydrogen-bond donors (Lipinski definition) is 1. The number of benzene rings is 2. The number of aryl methyl sites for hydroxylation is 1. The van der Waals surface area contributed by atoms with Crippen LogP contribution in [-0.4, -0.2) is 37.6 Å². The van der Waals surface area contributed by atoms with Crippen LogP contribution in [-0.2, 0) is 0 Å². The van der Waals surface area contributed by atoms with Crippen molar-refractivity contribution < 1.29 is 13.9 Å². The van der Waals surface area contributed by atoms with Crippen molar-refractivity contribution in [2.24, 2.45) is 0 Å². The van der Waals surface area contributed by atoms with Gasteiger partial charge in [0.25, 0.3) is 5.91 Å². The molecule has 0 unspecified atom stereocenters. The zero-order chi connectivity index (χ0) is 22.0. The van der Waals surface area contributed by atoms with Gasteiger partial charge < -0.3 is 14.5 Å². The Labute approximate surface area is 185 Å². The lowest BCUT2D eigenvalue weighted by Crippen LogP contribution is -2.37. The molecule has 0 radical (unpaired) electrons. The summed E-state index contributed by atoms with van der Waals surface area (Å²) in [5, 5.41) is 3.80. The standard InChI is InChI=1S/C24H25ClN2O4/c1-15-11-22-18(12-19(15)25)21(28)13-23(31-22)24(29)26-14-20(27-9-3-4-10-27)16-5-7-17(30-2)8-6-16/h5-8,11-13,20H,3-4,9-10,14H2,1-2H3,(H,26,29)/t20-/m1/s1. The van der Waals surface area contributed by atoms with Gasteiger partial charge in [0.15, 0.2) is 11.2 Å². The normalized spacial score (nSPS) is 15.2. The number of methoxy groups -OCH3 is 1. The first-order valence-electron chi connectivity index (χ1n) is 10.4. The molecule has 1 aromatic heterocycles. The highest BCUT2D eigenvalue weighted by Gasteiger charge is 2.25. The molecule has 1 fully saturated rings. The summed E-state index contributed by atoms with van der Waals surface area (Å²) in [6.07, 6.45) is 2.28. The quantitative estimate of drug-likeness (QED) is 0.617. The molecule has 31 heavy (non-hydrogen) atoms. The number of ether oxygens (including phenoxy) is 1. The lowest BCUT2D eigenvalue weighted by atomic mass is 10.1. The molecule has 0 aliphatic carbocycles. The van der Waals surface area contributed by atoms with Crippen molar-refractivity contribution in [2.45, 2.75) is 25.8 Å². The SMILES string of the molecule is COc1ccc([C@@H](CNC(=O)c2cc(=O)c3cc(Cl)c(C)cc3o2)N2CCCC2)cc1. The van der Waals surface area contributed by atoms with E-state index in [1.54, 1.807) is 19.2 Å². The van der Waals surface area contributed by atoms with E-state index in [2.05, 4.69) is 10.2 Å². The number of amides is 1. The maximum Gasteiger partial charge on any atom is 0.287 e. The van der Waals surface area contributed by atoms with E-state index in [-0.39, 0.29) is 17.2 Å². The fourth-order valence-corrected chi connectivity index (χ4v) is 4.17. The van der Waals surface area contributed by atoms with E-state index in [0.717, 1.165) is 42.8 Å². The summed E-state index contributed by atoms with van der Waals surface area (Å²) in [7, 11) is 1.64. The van der Waals surface area contributed by atoms with Crippen LogP contribution in [0.5, 0.6) is 5.75 Å². The third-order valence-corrected chi connectivity index (χ3v) is 6.18. The molecule has 6 nitrogen and oxygen atoms in total. The zero-order valence-corrected chi connectivity index (χ0v) is 18.4. The Hall–Kier alpha value is -2.83. The molecule has 3 aromatic rings. The summed E-state index contributed by atoms with van der Waals surface area (Å²) in [4.78, 5) is 27.7. The first-order chi connectivity index (χ1) is 15.0. The number of hydrogen-bond acceptors (Lipinski definition) is 5. The minimum atomic E-state index is -0.413. The molecule has 2 aromatic carbocycles. The molecule has 1 atom stereocenters. The number of nitrogens with one attached hydrogen (secondary N) is 1. The van der Waals surface area contributed by atoms with E-state index in [1.807, 2.05) is 31.2 Å². The Morgan fingerprint density at radius 1 is 1.19 bits per heavy atom. The van der Waals surface area contributed by atoms with E-state index in [9.17, 15) is 9.59 Å². The van der Waals surface area contributed by atoms with Crippen LogP contribution in [0, 0.1) is 6.92 Å². The highest BCUT2D eigenvalue weighted by Crippen LogP contribution is 2.27. The van der Waals surface area contributed by atoms with E-state index in [4.69, 9.17) is 20.8 Å². The summed E-state index contributed by atoms with van der Waals surface area (Å²) in [6.45, 7) is 4.20. The Balaban J connectivity index is 1.56. The summed E-state index contributed by atoms with van der Waals surface area (Å²) < 4.78 is 11.0. The molecule has 1 amide bonds. The van der Waals surface area contributed by atoms with Crippen LogP contribution in [0.25, 0.3) is 11.0 Å². The number of fused-ring (bicyclic) bond motifs is 1. The molecule has 0 bridgehead atoms. The van der Waals surface area contributed by atoms with Gasteiger partial charge in [0.05, 0.1) is 18.5 Å². The minimum absolute atomic E-state index is 0.00544. The highest BCUT2D eigenvalue weighted by molar-refractivity contribution is 6.32. The van der Waals surface area contributed by atoms with E-state index < -0.39 is 5.91 Å². The van der Waals surface area contributed by atoms with Crippen molar-refractivity contribution in [3.8, 4) is 5.75 Å². The smallest absolute Gasteiger partial charge is 0.287 e. The van der Waals surface area contributed by atoms with Crippen molar-refractivity contribution in [3.63, 3.8) is 0 Å². The van der Waals surface area contributed by atoms with Crippen molar-refractivity contribution in [3.05, 3.63) is 74.6 Å². The predicted molar refractivity (Wildman–Crippen MR) is 121 cm³/mol. The van der Waals surface area contributed by atoms with E-state index in [0.29, 0.717) is 22.5 Å². The molecular weight excluding hydrogens is 416 g/mol. The largest absolute Gasteiger partial charge is 0.497 e. The minimum Gasteiger partial charge on any atom is -0.497 e. The van der Waals surface area contributed by atoms with Gasteiger partial charge >= 0.3 is 0 Å². The Morgan fingerprint density at radius 2 is 1.90 bits per heavy atom. The number of likely N-dealkylation sites (tertiary alicyclic amines) is 1. The van der Waals surface area contributed by atoms with Gasteiger partial charge in [0, 0.05) is 17.6 Å². The fourth-order valence-electron chi connectivity index (χ4n) is 4.00. The van der Waals surface area contributed by atoms with Gasteiger partial charge in [0.1, 0.15) is 11.3 Å². The lowest BCUT2D eigenvalue weighted by molar-refractivity contribution is 0.0910. The first kappa shape index (κ1) is 21.4. The molecule has 1 N–H and O–H groups in total. The third kappa shape index (κ3) is 4.60. The molecule has 1 aliphatic heterocycles. The van der Waals surface area contributed by atoms with Crippen LogP contribution in [0.4, 0.5) is 0 Å². The molecule has 0 saturated carbocycles. The predicted octanol–water partition coefficient (Wildman–Crippen LogP) is 4.33. The van der Waals surface area contributed by atoms with Crippen LogP contribution in [0.3, 0.4) is 0 Å². The summed E-state index contributed by atoms with van der Waals surface area (Å²) in [6, 6.07) is 12.4. The van der Waals surface area contributed by atoms with Crippen LogP contribution >= 0.6 is 11.6 Å². The maximum atomic E-state index is 12.8. The van der Waals surface area contributed by atoms with E-state index >= 15 is 0 Å². The van der Waals surface area contributed by atoms with Crippen LogP contribution in [0.1, 0.15) is 40.6 Å². The lowest BCUT2D eigenvalue weighted by Gasteiger charge is -2.28. The molecule has 7 heteroatoms. The summed E-state index contributed by atoms with van der Waals surface area (Å²) in [5.41, 5.74) is 1.95. The van der Waals surface area contributed by atoms with Gasteiger partial charge in [-0.15, -0.1) is 0 Å². The Kier molecular flexibility index (Phi) is 6.30. The van der Waals surface area contributed by atoms with Gasteiger partial charge in [-0.1, -0.05) is 23.7 Å². The van der Waals surface area contributed by atoms with Crippen LogP contribution in [0.2, 0.25) is 5.02 Å². The van der Waals surface area contributed by atoms with Gasteiger partial charge in [-0.05, 0) is 68.2 Å². The fraction of sp³-hybridized carbons (Fsp3) is 0.333. The van der Waals surface area contributed by atoms with E-state index in [1.165, 1.54) is 6.07 Å². The number of nitrogens with zero attached hydrogens (tertiary/aromatic N) is 1. The van der Waals surface area contributed by atoms with Gasteiger partial charge in [-0.25, -0.2) is 0 Å². The Bertz CT molecular complexity index is 1150. The second-order valence-corrected chi connectivity index (χ2v) is 8.22. The Morgan fingerprint density at radius 3 is 2.58 bits per heavy atom. The van der Waals surface area contributed by atoms with Crippen molar-refractivity contribution in [1.82, 2.24) is 10.2 Å². The molecule has 4 rings (SSSR count). The molecule has 1 saturated heterocycles. The first-order valence-corrected chi connectivity index (χ1v) is 10.7. The second-order valence-electron chi connectivity index (χ2n) is 7.81. The molecule has 2 heterocycles. The third-order valence-electron chi connectivity index (χ3n) is 5.77. The zero-order valence-electron chi connectivity index (χ0n) is 17.6. The molecule has 0 spiro atoms. The molecule has 1 aliphatic rings. The maximum absolute atomic E-state index is 12.8. The average molecular weight is 441 g/mol. The monoisotopic (exact) mass is 440 g/mol. The van der Waals surface area contributed by atoms with Crippen LogP contribution in [0.15, 0.2) is 51.7 Å². The number of halogens is 1. The van der Waals surface area contributed by atoms with Crippen molar-refractivity contribution in [1.29, 1.82) is 0 Å². The second kappa shape index (κ2) is 9.12. The summed E-state index contributed by atoms with van der Waals surface area (Å²) >= 11 is 6.11. The summed E-state index contributed by atoms with van der Waals surface area (Å²) in [5.74, 6) is 0.375. The van der Waals surface area contributed by atoms with Crippen molar-refractivity contribution in [2.75, 3.05) is 26.7 Å². The van der Waals surface area contributed by atoms with Gasteiger partial charge in [0.2, 0.25) is 0 Å². The number of carbonyl (C=O) groups excluding carboxylic acids is 1. The molecule has 162 valence electrons. The van der Waals surface area contributed by atoms with Crippen molar-refractivity contribution >= 4 is 28.5 Å². The highest BCUT2D eigenvalue weighted by atomic mass is 35.5. The van der Waals surface area contributed by atoms with Gasteiger partial charge in [-0.3, -0.25) is 14.5 Å². The number of carbonyl (C=O) groups is 1. The molecular formula is C24H25ClN2O4. The number of rotatable bonds is 6.